The van der Waals surface area contributed by atoms with Crippen molar-refractivity contribution in [3.05, 3.63) is 59.9 Å². The molecule has 4 rings (SSSR count). The first-order valence-electron chi connectivity index (χ1n) is 12.2. The van der Waals surface area contributed by atoms with E-state index in [-0.39, 0.29) is 5.91 Å². The smallest absolute Gasteiger partial charge is 0.255 e. The van der Waals surface area contributed by atoms with Crippen LogP contribution in [0, 0.1) is 6.92 Å². The molecule has 0 radical (unpaired) electrons. The number of morpholine rings is 1. The number of amides is 1. The second-order valence-electron chi connectivity index (χ2n) is 9.17. The molecule has 1 amide bonds. The van der Waals surface area contributed by atoms with Crippen LogP contribution < -0.4 is 20.9 Å². The van der Waals surface area contributed by atoms with Gasteiger partial charge in [-0.25, -0.2) is 9.97 Å². The van der Waals surface area contributed by atoms with Crippen LogP contribution in [0.15, 0.2) is 48.8 Å². The van der Waals surface area contributed by atoms with E-state index in [1.807, 2.05) is 44.1 Å². The van der Waals surface area contributed by atoms with Crippen LogP contribution in [-0.2, 0) is 4.74 Å². The van der Waals surface area contributed by atoms with Crippen LogP contribution in [0.5, 0.6) is 0 Å². The molecule has 0 aliphatic carbocycles. The summed E-state index contributed by atoms with van der Waals surface area (Å²) in [6.45, 7) is 5.66. The summed E-state index contributed by atoms with van der Waals surface area (Å²) in [6, 6.07) is 10.9. The Morgan fingerprint density at radius 2 is 1.92 bits per heavy atom. The molecule has 3 heterocycles. The number of likely N-dealkylation sites (N-methyl/N-ethyl adjacent to an activating group) is 1. The van der Waals surface area contributed by atoms with Gasteiger partial charge in [-0.2, -0.15) is 4.98 Å². The lowest BCUT2D eigenvalue weighted by Crippen LogP contribution is -2.36. The summed E-state index contributed by atoms with van der Waals surface area (Å²) in [6.07, 6.45) is 2.76. The van der Waals surface area contributed by atoms with E-state index in [0.29, 0.717) is 49.3 Å². The fourth-order valence-corrected chi connectivity index (χ4v) is 3.91. The number of aliphatic hydroxyl groups is 1. The van der Waals surface area contributed by atoms with Gasteiger partial charge in [-0.3, -0.25) is 4.79 Å². The van der Waals surface area contributed by atoms with E-state index in [4.69, 9.17) is 4.74 Å². The van der Waals surface area contributed by atoms with Gasteiger partial charge < -0.3 is 35.6 Å². The molecular weight excluding hydrogens is 472 g/mol. The maximum atomic E-state index is 13.0. The molecule has 1 aromatic carbocycles. The summed E-state index contributed by atoms with van der Waals surface area (Å²) in [4.78, 5) is 30.1. The lowest BCUT2D eigenvalue weighted by Gasteiger charge is -2.27. The van der Waals surface area contributed by atoms with E-state index >= 15 is 0 Å². The minimum absolute atomic E-state index is 0.212. The SMILES string of the molecule is Cc1ccc(NC(=O)c2ccnc(N3CCOCC3)c2)cc1Nc1ccnc(NCC(O)CN(C)C)n1. The number of carbonyl (C=O) groups is 1. The summed E-state index contributed by atoms with van der Waals surface area (Å²) >= 11 is 0. The summed E-state index contributed by atoms with van der Waals surface area (Å²) in [5, 5.41) is 19.4. The minimum Gasteiger partial charge on any atom is -0.390 e. The largest absolute Gasteiger partial charge is 0.390 e. The van der Waals surface area contributed by atoms with Crippen molar-refractivity contribution in [3.63, 3.8) is 0 Å². The molecule has 1 saturated heterocycles. The first-order chi connectivity index (χ1) is 17.9. The van der Waals surface area contributed by atoms with E-state index < -0.39 is 6.10 Å². The number of ether oxygens (including phenoxy) is 1. The molecule has 0 saturated carbocycles. The van der Waals surface area contributed by atoms with Crippen molar-refractivity contribution >= 4 is 34.9 Å². The van der Waals surface area contributed by atoms with Gasteiger partial charge >= 0.3 is 0 Å². The quantitative estimate of drug-likeness (QED) is 0.325. The number of aryl methyl sites for hydroxylation is 1. The molecule has 0 spiro atoms. The highest BCUT2D eigenvalue weighted by atomic mass is 16.5. The van der Waals surface area contributed by atoms with Crippen LogP contribution in [0.3, 0.4) is 0 Å². The highest BCUT2D eigenvalue weighted by molar-refractivity contribution is 6.05. The van der Waals surface area contributed by atoms with Crippen LogP contribution in [0.25, 0.3) is 0 Å². The van der Waals surface area contributed by atoms with Crippen molar-refractivity contribution in [2.24, 2.45) is 0 Å². The maximum Gasteiger partial charge on any atom is 0.255 e. The number of hydrogen-bond acceptors (Lipinski definition) is 10. The molecule has 11 nitrogen and oxygen atoms in total. The number of hydrogen-bond donors (Lipinski definition) is 4. The third-order valence-corrected chi connectivity index (χ3v) is 5.83. The zero-order valence-corrected chi connectivity index (χ0v) is 21.4. The zero-order valence-electron chi connectivity index (χ0n) is 21.4. The highest BCUT2D eigenvalue weighted by Crippen LogP contribution is 2.24. The van der Waals surface area contributed by atoms with E-state index in [9.17, 15) is 9.90 Å². The Morgan fingerprint density at radius 1 is 1.14 bits per heavy atom. The molecular formula is C26H34N8O3. The Labute approximate surface area is 216 Å². The normalized spacial score (nSPS) is 14.4. The summed E-state index contributed by atoms with van der Waals surface area (Å²) in [5.41, 5.74) is 2.99. The zero-order chi connectivity index (χ0) is 26.2. The topological polar surface area (TPSA) is 128 Å². The number of nitrogens with one attached hydrogen (secondary N) is 3. The van der Waals surface area contributed by atoms with Gasteiger partial charge in [0.1, 0.15) is 11.6 Å². The lowest BCUT2D eigenvalue weighted by atomic mass is 10.1. The fraction of sp³-hybridized carbons (Fsp3) is 0.385. The van der Waals surface area contributed by atoms with E-state index in [1.54, 1.807) is 30.6 Å². The molecule has 37 heavy (non-hydrogen) atoms. The second kappa shape index (κ2) is 12.4. The molecule has 0 bridgehead atoms. The molecule has 196 valence electrons. The molecule has 1 atom stereocenters. The van der Waals surface area contributed by atoms with E-state index in [1.165, 1.54) is 0 Å². The molecule has 1 unspecified atom stereocenters. The Bertz CT molecular complexity index is 1200. The average molecular weight is 507 g/mol. The first-order valence-corrected chi connectivity index (χ1v) is 12.2. The Kier molecular flexibility index (Phi) is 8.83. The standard InChI is InChI=1S/C26H34N8O3/c1-18-4-5-20(30-25(36)19-6-8-27-24(14-19)34-10-12-37-13-11-34)15-22(18)31-23-7-9-28-26(32-23)29-16-21(35)17-33(2)3/h4-9,14-15,21,35H,10-13,16-17H2,1-3H3,(H,30,36)(H2,28,29,31,32). The van der Waals surface area contributed by atoms with Gasteiger partial charge in [-0.05, 0) is 56.9 Å². The fourth-order valence-electron chi connectivity index (χ4n) is 3.91. The highest BCUT2D eigenvalue weighted by Gasteiger charge is 2.15. The number of rotatable bonds is 10. The summed E-state index contributed by atoms with van der Waals surface area (Å²) < 4.78 is 5.40. The Morgan fingerprint density at radius 3 is 2.70 bits per heavy atom. The number of pyridine rings is 1. The number of anilines is 5. The molecule has 1 fully saturated rings. The van der Waals surface area contributed by atoms with Gasteiger partial charge in [-0.1, -0.05) is 6.07 Å². The molecule has 3 aromatic rings. The predicted octanol–water partition coefficient (Wildman–Crippen LogP) is 2.35. The monoisotopic (exact) mass is 506 g/mol. The van der Waals surface area contributed by atoms with Crippen molar-refractivity contribution < 1.29 is 14.6 Å². The number of aliphatic hydroxyl groups excluding tert-OH is 1. The number of benzene rings is 1. The van der Waals surface area contributed by atoms with Gasteiger partial charge in [0.15, 0.2) is 0 Å². The van der Waals surface area contributed by atoms with Crippen molar-refractivity contribution in [1.82, 2.24) is 19.9 Å². The van der Waals surface area contributed by atoms with Crippen molar-refractivity contribution in [3.8, 4) is 0 Å². The minimum atomic E-state index is -0.539. The maximum absolute atomic E-state index is 13.0. The third kappa shape index (κ3) is 7.59. The molecule has 11 heteroatoms. The second-order valence-corrected chi connectivity index (χ2v) is 9.17. The van der Waals surface area contributed by atoms with Crippen LogP contribution in [0.4, 0.5) is 29.0 Å². The number of nitrogens with zero attached hydrogens (tertiary/aromatic N) is 5. The third-order valence-electron chi connectivity index (χ3n) is 5.83. The van der Waals surface area contributed by atoms with Crippen molar-refractivity contribution in [2.45, 2.75) is 13.0 Å². The van der Waals surface area contributed by atoms with Crippen LogP contribution in [0.1, 0.15) is 15.9 Å². The van der Waals surface area contributed by atoms with Gasteiger partial charge in [0, 0.05) is 55.5 Å². The van der Waals surface area contributed by atoms with E-state index in [2.05, 4.69) is 35.8 Å². The molecule has 2 aromatic heterocycles. The molecule has 4 N–H and O–H groups in total. The summed E-state index contributed by atoms with van der Waals surface area (Å²) in [7, 11) is 3.81. The van der Waals surface area contributed by atoms with Crippen LogP contribution in [-0.4, -0.2) is 90.5 Å². The van der Waals surface area contributed by atoms with Gasteiger partial charge in [0.25, 0.3) is 5.91 Å². The predicted molar refractivity (Wildman–Crippen MR) is 145 cm³/mol. The average Bonchev–Trinajstić information content (AvgIpc) is 2.90. The lowest BCUT2D eigenvalue weighted by molar-refractivity contribution is 0.102. The van der Waals surface area contributed by atoms with Crippen molar-refractivity contribution in [1.29, 1.82) is 0 Å². The Hall–Kier alpha value is -3.80. The van der Waals surface area contributed by atoms with Crippen molar-refractivity contribution in [2.75, 3.05) is 74.3 Å². The summed E-state index contributed by atoms with van der Waals surface area (Å²) in [5.74, 6) is 1.57. The van der Waals surface area contributed by atoms with Gasteiger partial charge in [0.2, 0.25) is 5.95 Å². The molecule has 1 aliphatic rings. The molecule has 1 aliphatic heterocycles. The van der Waals surface area contributed by atoms with Crippen LogP contribution >= 0.6 is 0 Å². The van der Waals surface area contributed by atoms with Crippen LogP contribution in [0.2, 0.25) is 0 Å². The van der Waals surface area contributed by atoms with E-state index in [0.717, 1.165) is 30.2 Å². The van der Waals surface area contributed by atoms with Gasteiger partial charge in [-0.15, -0.1) is 0 Å². The Balaban J connectivity index is 1.41. The first kappa shape index (κ1) is 26.3. The van der Waals surface area contributed by atoms with Gasteiger partial charge in [0.05, 0.1) is 19.3 Å². The number of carbonyl (C=O) groups excluding carboxylic acids is 1. The number of aromatic nitrogens is 3.